The quantitative estimate of drug-likeness (QED) is 0.750. The second kappa shape index (κ2) is 5.69. The lowest BCUT2D eigenvalue weighted by atomic mass is 9.92. The fraction of sp³-hybridized carbons (Fsp3) is 0.846. The zero-order chi connectivity index (χ0) is 13.1. The molecule has 2 fully saturated rings. The number of carbonyl (C=O) groups excluding carboxylic acids is 2. The van der Waals surface area contributed by atoms with Gasteiger partial charge < -0.3 is 14.8 Å². The number of piperidine rings is 1. The SMILES string of the molecule is CCOC(=O)C1CC1C1CCC(C(=O)OC)CN1. The van der Waals surface area contributed by atoms with Gasteiger partial charge in [0.1, 0.15) is 0 Å². The molecule has 1 saturated carbocycles. The van der Waals surface area contributed by atoms with Gasteiger partial charge >= 0.3 is 11.9 Å². The highest BCUT2D eigenvalue weighted by Crippen LogP contribution is 2.44. The minimum absolute atomic E-state index is 0.0361. The Bertz CT molecular complexity index is 323. The number of ether oxygens (including phenoxy) is 2. The van der Waals surface area contributed by atoms with Crippen molar-refractivity contribution in [3.05, 3.63) is 0 Å². The maximum atomic E-state index is 11.6. The van der Waals surface area contributed by atoms with E-state index in [9.17, 15) is 9.59 Å². The van der Waals surface area contributed by atoms with E-state index in [4.69, 9.17) is 9.47 Å². The monoisotopic (exact) mass is 255 g/mol. The van der Waals surface area contributed by atoms with E-state index in [0.29, 0.717) is 25.1 Å². The summed E-state index contributed by atoms with van der Waals surface area (Å²) in [4.78, 5) is 22.9. The molecule has 0 aromatic carbocycles. The molecule has 5 heteroatoms. The predicted octanol–water partition coefficient (Wildman–Crippen LogP) is 0.727. The van der Waals surface area contributed by atoms with Crippen LogP contribution in [0.4, 0.5) is 0 Å². The highest BCUT2D eigenvalue weighted by atomic mass is 16.5. The largest absolute Gasteiger partial charge is 0.469 e. The van der Waals surface area contributed by atoms with Crippen molar-refractivity contribution in [2.24, 2.45) is 17.8 Å². The molecule has 2 aliphatic rings. The van der Waals surface area contributed by atoms with E-state index < -0.39 is 0 Å². The Morgan fingerprint density at radius 3 is 2.61 bits per heavy atom. The predicted molar refractivity (Wildman–Crippen MR) is 64.8 cm³/mol. The molecular weight excluding hydrogens is 234 g/mol. The fourth-order valence-corrected chi connectivity index (χ4v) is 2.79. The molecule has 0 aromatic rings. The number of nitrogens with one attached hydrogen (secondary N) is 1. The number of hydrogen-bond acceptors (Lipinski definition) is 5. The molecule has 0 spiro atoms. The minimum atomic E-state index is -0.140. The van der Waals surface area contributed by atoms with Crippen molar-refractivity contribution >= 4 is 11.9 Å². The molecule has 18 heavy (non-hydrogen) atoms. The second-order valence-electron chi connectivity index (χ2n) is 5.07. The van der Waals surface area contributed by atoms with Crippen LogP contribution in [0.1, 0.15) is 26.2 Å². The van der Waals surface area contributed by atoms with Crippen LogP contribution in [0.2, 0.25) is 0 Å². The zero-order valence-electron chi connectivity index (χ0n) is 11.0. The summed E-state index contributed by atoms with van der Waals surface area (Å²) in [6.07, 6.45) is 2.69. The van der Waals surface area contributed by atoms with Crippen LogP contribution >= 0.6 is 0 Å². The maximum absolute atomic E-state index is 11.6. The summed E-state index contributed by atoms with van der Waals surface area (Å²) in [6, 6.07) is 0.348. The average Bonchev–Trinajstić information content (AvgIpc) is 3.18. The molecule has 102 valence electrons. The summed E-state index contributed by atoms with van der Waals surface area (Å²) in [5, 5.41) is 3.36. The van der Waals surface area contributed by atoms with Gasteiger partial charge in [0.2, 0.25) is 0 Å². The van der Waals surface area contributed by atoms with Gasteiger partial charge in [0.05, 0.1) is 25.6 Å². The van der Waals surface area contributed by atoms with Crippen molar-refractivity contribution in [1.29, 1.82) is 0 Å². The summed E-state index contributed by atoms with van der Waals surface area (Å²) in [6.45, 7) is 2.93. The third-order valence-corrected chi connectivity index (χ3v) is 3.93. The lowest BCUT2D eigenvalue weighted by Gasteiger charge is -2.28. The summed E-state index contributed by atoms with van der Waals surface area (Å²) in [7, 11) is 1.42. The van der Waals surface area contributed by atoms with Crippen LogP contribution in [0.15, 0.2) is 0 Å². The molecule has 1 N–H and O–H groups in total. The Morgan fingerprint density at radius 1 is 1.28 bits per heavy atom. The topological polar surface area (TPSA) is 64.6 Å². The van der Waals surface area contributed by atoms with E-state index in [-0.39, 0.29) is 23.8 Å². The van der Waals surface area contributed by atoms with Gasteiger partial charge in [-0.2, -0.15) is 0 Å². The first-order chi connectivity index (χ1) is 8.67. The molecule has 0 bridgehead atoms. The van der Waals surface area contributed by atoms with Crippen LogP contribution in [0.5, 0.6) is 0 Å². The molecule has 0 amide bonds. The Hall–Kier alpha value is -1.10. The Labute approximate surface area is 107 Å². The lowest BCUT2D eigenvalue weighted by molar-refractivity contribution is -0.147. The van der Waals surface area contributed by atoms with E-state index in [1.807, 2.05) is 6.92 Å². The molecule has 1 saturated heterocycles. The van der Waals surface area contributed by atoms with Gasteiger partial charge in [0.15, 0.2) is 0 Å². The van der Waals surface area contributed by atoms with Crippen LogP contribution in [0.25, 0.3) is 0 Å². The normalized spacial score (nSPS) is 34.8. The van der Waals surface area contributed by atoms with E-state index in [1.165, 1.54) is 7.11 Å². The van der Waals surface area contributed by atoms with Gasteiger partial charge in [0.25, 0.3) is 0 Å². The molecule has 0 aromatic heterocycles. The smallest absolute Gasteiger partial charge is 0.309 e. The summed E-state index contributed by atoms with van der Waals surface area (Å²) in [5.41, 5.74) is 0. The van der Waals surface area contributed by atoms with Gasteiger partial charge in [-0.25, -0.2) is 0 Å². The first-order valence-electron chi connectivity index (χ1n) is 6.65. The molecule has 4 atom stereocenters. The number of rotatable bonds is 4. The molecule has 1 aliphatic heterocycles. The van der Waals surface area contributed by atoms with Gasteiger partial charge in [-0.15, -0.1) is 0 Å². The highest BCUT2D eigenvalue weighted by Gasteiger charge is 2.49. The maximum Gasteiger partial charge on any atom is 0.309 e. The van der Waals surface area contributed by atoms with Gasteiger partial charge in [-0.05, 0) is 32.1 Å². The molecular formula is C13H21NO4. The molecule has 0 radical (unpaired) electrons. The third-order valence-electron chi connectivity index (χ3n) is 3.93. The molecule has 1 heterocycles. The standard InChI is InChI=1S/C13H21NO4/c1-3-18-13(16)10-6-9(10)11-5-4-8(7-14-11)12(15)17-2/h8-11,14H,3-7H2,1-2H3. The highest BCUT2D eigenvalue weighted by molar-refractivity contribution is 5.76. The molecule has 4 unspecified atom stereocenters. The van der Waals surface area contributed by atoms with Gasteiger partial charge in [-0.3, -0.25) is 9.59 Å². The fourth-order valence-electron chi connectivity index (χ4n) is 2.79. The third kappa shape index (κ3) is 2.83. The first-order valence-corrected chi connectivity index (χ1v) is 6.65. The molecule has 2 rings (SSSR count). The summed E-state index contributed by atoms with van der Waals surface area (Å²) >= 11 is 0. The molecule has 5 nitrogen and oxygen atoms in total. The Morgan fingerprint density at radius 2 is 2.06 bits per heavy atom. The van der Waals surface area contributed by atoms with Crippen LogP contribution in [-0.4, -0.2) is 38.2 Å². The minimum Gasteiger partial charge on any atom is -0.469 e. The van der Waals surface area contributed by atoms with Crippen LogP contribution in [0.3, 0.4) is 0 Å². The summed E-state index contributed by atoms with van der Waals surface area (Å²) in [5.74, 6) is 0.212. The van der Waals surface area contributed by atoms with Gasteiger partial charge in [-0.1, -0.05) is 0 Å². The first kappa shape index (κ1) is 13.3. The number of hydrogen-bond donors (Lipinski definition) is 1. The van der Waals surface area contributed by atoms with Crippen LogP contribution < -0.4 is 5.32 Å². The van der Waals surface area contributed by atoms with E-state index >= 15 is 0 Å². The van der Waals surface area contributed by atoms with Crippen molar-refractivity contribution in [2.45, 2.75) is 32.2 Å². The van der Waals surface area contributed by atoms with Crippen molar-refractivity contribution in [3.8, 4) is 0 Å². The average molecular weight is 255 g/mol. The lowest BCUT2D eigenvalue weighted by Crippen LogP contribution is -2.43. The van der Waals surface area contributed by atoms with Crippen molar-refractivity contribution in [2.75, 3.05) is 20.3 Å². The number of carbonyl (C=O) groups is 2. The van der Waals surface area contributed by atoms with Crippen molar-refractivity contribution < 1.29 is 19.1 Å². The van der Waals surface area contributed by atoms with Crippen LogP contribution in [0, 0.1) is 17.8 Å². The van der Waals surface area contributed by atoms with Crippen molar-refractivity contribution in [3.63, 3.8) is 0 Å². The van der Waals surface area contributed by atoms with Gasteiger partial charge in [0, 0.05) is 12.6 Å². The summed E-state index contributed by atoms with van der Waals surface area (Å²) < 4.78 is 9.76. The number of esters is 2. The second-order valence-corrected chi connectivity index (χ2v) is 5.07. The Kier molecular flexibility index (Phi) is 4.22. The van der Waals surface area contributed by atoms with E-state index in [0.717, 1.165) is 19.3 Å². The van der Waals surface area contributed by atoms with E-state index in [2.05, 4.69) is 5.32 Å². The van der Waals surface area contributed by atoms with E-state index in [1.54, 1.807) is 0 Å². The molecule has 1 aliphatic carbocycles. The zero-order valence-corrected chi connectivity index (χ0v) is 11.0. The van der Waals surface area contributed by atoms with Crippen molar-refractivity contribution in [1.82, 2.24) is 5.32 Å². The number of methoxy groups -OCH3 is 1. The van der Waals surface area contributed by atoms with Crippen LogP contribution in [-0.2, 0) is 19.1 Å². The Balaban J connectivity index is 1.75.